The number of barbiturate groups is 1. The van der Waals surface area contributed by atoms with Crippen LogP contribution in [-0.2, 0) is 21.6 Å². The lowest BCUT2D eigenvalue weighted by atomic mass is 9.48. The molecule has 7 nitrogen and oxygen atoms in total. The maximum absolute atomic E-state index is 13.7. The molecule has 0 radical (unpaired) electrons. The Morgan fingerprint density at radius 3 is 2.24 bits per heavy atom. The first-order chi connectivity index (χ1) is 21.6. The van der Waals surface area contributed by atoms with Crippen LogP contribution in [-0.4, -0.2) is 25.0 Å². The summed E-state index contributed by atoms with van der Waals surface area (Å²) in [7, 11) is 1.49. The minimum Gasteiger partial charge on any atom is -0.493 e. The van der Waals surface area contributed by atoms with Gasteiger partial charge >= 0.3 is 6.03 Å². The van der Waals surface area contributed by atoms with Crippen molar-refractivity contribution in [3.05, 3.63) is 91.4 Å². The zero-order chi connectivity index (χ0) is 31.5. The summed E-state index contributed by atoms with van der Waals surface area (Å²) in [6, 6.07) is 15.5. The van der Waals surface area contributed by atoms with Gasteiger partial charge in [-0.15, -0.1) is 0 Å². The van der Waals surface area contributed by atoms with E-state index in [1.165, 1.54) is 57.3 Å². The van der Waals surface area contributed by atoms with E-state index in [1.54, 1.807) is 30.3 Å². The predicted octanol–water partition coefficient (Wildman–Crippen LogP) is 8.48. The molecule has 1 saturated heterocycles. The highest BCUT2D eigenvalue weighted by Gasteiger charge is 2.51. The molecular formula is C35H31BrCl2N2O5. The Morgan fingerprint density at radius 2 is 1.62 bits per heavy atom. The smallest absolute Gasteiger partial charge is 0.335 e. The third kappa shape index (κ3) is 5.66. The number of anilines is 1. The molecule has 1 N–H and O–H groups in total. The average molecular weight is 710 g/mol. The van der Waals surface area contributed by atoms with Crippen molar-refractivity contribution >= 4 is 68.7 Å². The summed E-state index contributed by atoms with van der Waals surface area (Å²) in [5.41, 5.74) is 2.98. The van der Waals surface area contributed by atoms with E-state index >= 15 is 0 Å². The summed E-state index contributed by atoms with van der Waals surface area (Å²) in [6.45, 7) is 0.158. The van der Waals surface area contributed by atoms with Gasteiger partial charge in [0.15, 0.2) is 11.5 Å². The summed E-state index contributed by atoms with van der Waals surface area (Å²) >= 11 is 15.8. The molecule has 4 amide bonds. The van der Waals surface area contributed by atoms with Crippen molar-refractivity contribution < 1.29 is 23.9 Å². The molecule has 5 fully saturated rings. The van der Waals surface area contributed by atoms with Crippen LogP contribution in [0.5, 0.6) is 11.5 Å². The van der Waals surface area contributed by atoms with E-state index in [2.05, 4.69) is 33.4 Å². The van der Waals surface area contributed by atoms with Crippen LogP contribution in [0.3, 0.4) is 0 Å². The fraction of sp³-hybridized carbons (Fsp3) is 0.343. The topological polar surface area (TPSA) is 84.9 Å². The van der Waals surface area contributed by atoms with Crippen LogP contribution < -0.4 is 19.7 Å². The molecule has 0 aromatic heterocycles. The number of methoxy groups -OCH3 is 1. The molecule has 1 heterocycles. The number of ether oxygens (including phenoxy) is 2. The molecule has 0 atom stereocenters. The highest BCUT2D eigenvalue weighted by atomic mass is 79.9. The second kappa shape index (κ2) is 11.8. The van der Waals surface area contributed by atoms with Crippen molar-refractivity contribution in [1.29, 1.82) is 0 Å². The molecule has 0 unspecified atom stereocenters. The highest BCUT2D eigenvalue weighted by Crippen LogP contribution is 2.60. The number of hydrogen-bond acceptors (Lipinski definition) is 5. The first kappa shape index (κ1) is 30.3. The van der Waals surface area contributed by atoms with Crippen LogP contribution in [0.2, 0.25) is 10.0 Å². The van der Waals surface area contributed by atoms with Gasteiger partial charge in [-0.1, -0.05) is 41.4 Å². The molecule has 1 aliphatic heterocycles. The normalized spacial score (nSPS) is 26.4. The van der Waals surface area contributed by atoms with E-state index < -0.39 is 17.8 Å². The van der Waals surface area contributed by atoms with Gasteiger partial charge < -0.3 is 9.47 Å². The molecule has 0 spiro atoms. The van der Waals surface area contributed by atoms with Gasteiger partial charge in [-0.3, -0.25) is 14.9 Å². The van der Waals surface area contributed by atoms with Gasteiger partial charge in [0.2, 0.25) is 0 Å². The summed E-state index contributed by atoms with van der Waals surface area (Å²) in [4.78, 5) is 40.5. The predicted molar refractivity (Wildman–Crippen MR) is 177 cm³/mol. The fourth-order valence-corrected chi connectivity index (χ4v) is 9.28. The first-order valence-corrected chi connectivity index (χ1v) is 16.6. The highest BCUT2D eigenvalue weighted by molar-refractivity contribution is 9.10. The molecule has 10 heteroatoms. The van der Waals surface area contributed by atoms with Crippen molar-refractivity contribution in [2.75, 3.05) is 12.0 Å². The number of carbonyl (C=O) groups excluding carboxylic acids is 3. The average Bonchev–Trinajstić information content (AvgIpc) is 2.99. The number of benzene rings is 3. The lowest BCUT2D eigenvalue weighted by Gasteiger charge is -2.57. The molecule has 8 rings (SSSR count). The summed E-state index contributed by atoms with van der Waals surface area (Å²) in [5.74, 6) is 1.76. The third-order valence-electron chi connectivity index (χ3n) is 9.83. The van der Waals surface area contributed by atoms with Gasteiger partial charge in [0.1, 0.15) is 12.2 Å². The lowest BCUT2D eigenvalue weighted by molar-refractivity contribution is -0.122. The summed E-state index contributed by atoms with van der Waals surface area (Å²) in [5, 5.41) is 3.32. The molecule has 5 aliphatic rings. The van der Waals surface area contributed by atoms with E-state index in [0.717, 1.165) is 28.2 Å². The number of carbonyl (C=O) groups is 3. The zero-order valence-electron chi connectivity index (χ0n) is 24.6. The van der Waals surface area contributed by atoms with Crippen molar-refractivity contribution in [2.45, 2.75) is 50.5 Å². The van der Waals surface area contributed by atoms with Gasteiger partial charge in [-0.2, -0.15) is 0 Å². The van der Waals surface area contributed by atoms with Gasteiger partial charge in [0.05, 0.1) is 17.3 Å². The molecule has 45 heavy (non-hydrogen) atoms. The minimum atomic E-state index is -0.770. The van der Waals surface area contributed by atoms with E-state index in [0.29, 0.717) is 37.3 Å². The molecule has 3 aromatic carbocycles. The van der Waals surface area contributed by atoms with Crippen molar-refractivity contribution in [1.82, 2.24) is 5.32 Å². The van der Waals surface area contributed by atoms with E-state index in [4.69, 9.17) is 32.7 Å². The Labute approximate surface area is 280 Å². The Bertz CT molecular complexity index is 1720. The van der Waals surface area contributed by atoms with Gasteiger partial charge in [0, 0.05) is 15.6 Å². The molecule has 4 bridgehead atoms. The number of urea groups is 1. The molecule has 4 aliphatic carbocycles. The Hall–Kier alpha value is -3.33. The monoisotopic (exact) mass is 708 g/mol. The zero-order valence-corrected chi connectivity index (χ0v) is 27.7. The van der Waals surface area contributed by atoms with E-state index in [9.17, 15) is 14.4 Å². The van der Waals surface area contributed by atoms with Gasteiger partial charge in [-0.25, -0.2) is 9.69 Å². The van der Waals surface area contributed by atoms with Crippen LogP contribution in [0.1, 0.15) is 55.2 Å². The van der Waals surface area contributed by atoms with Crippen LogP contribution in [0.25, 0.3) is 6.08 Å². The summed E-state index contributed by atoms with van der Waals surface area (Å²) in [6.07, 6.45) is 9.19. The number of hydrogen-bond donors (Lipinski definition) is 1. The van der Waals surface area contributed by atoms with Crippen LogP contribution >= 0.6 is 39.1 Å². The second-order valence-corrected chi connectivity index (χ2v) is 14.5. The van der Waals surface area contributed by atoms with Crippen molar-refractivity contribution in [3.63, 3.8) is 0 Å². The molecule has 232 valence electrons. The standard InChI is InChI=1S/C35H31BrCl2N2O5/c1-44-30-13-19(12-28(36)31(30)45-18-23-2-5-25(37)14-29(23)38)11-27-32(41)39-34(43)40(33(27)42)26-6-3-24(4-7-26)35-15-20-8-21(16-35)10-22(9-20)17-35/h2-7,11-14,20-22H,8-10,15-18H2,1H3,(H,39,41,43)/b27-11+. The fourth-order valence-electron chi connectivity index (χ4n) is 8.24. The number of nitrogens with one attached hydrogen (secondary N) is 1. The number of imide groups is 2. The van der Waals surface area contributed by atoms with Crippen LogP contribution in [0.15, 0.2) is 64.6 Å². The van der Waals surface area contributed by atoms with Crippen LogP contribution in [0, 0.1) is 17.8 Å². The second-order valence-electron chi connectivity index (χ2n) is 12.8. The van der Waals surface area contributed by atoms with Gasteiger partial charge in [0.25, 0.3) is 11.8 Å². The summed E-state index contributed by atoms with van der Waals surface area (Å²) < 4.78 is 12.1. The quantitative estimate of drug-likeness (QED) is 0.197. The molecule has 3 aromatic rings. The number of nitrogens with zero attached hydrogens (tertiary/aromatic N) is 1. The third-order valence-corrected chi connectivity index (χ3v) is 11.0. The largest absolute Gasteiger partial charge is 0.493 e. The number of rotatable bonds is 7. The van der Waals surface area contributed by atoms with Gasteiger partial charge in [-0.05, 0) is 131 Å². The lowest BCUT2D eigenvalue weighted by Crippen LogP contribution is -2.54. The Morgan fingerprint density at radius 1 is 0.956 bits per heavy atom. The minimum absolute atomic E-state index is 0.158. The molecule has 4 saturated carbocycles. The van der Waals surface area contributed by atoms with Crippen molar-refractivity contribution in [3.8, 4) is 11.5 Å². The van der Waals surface area contributed by atoms with E-state index in [1.807, 2.05) is 12.1 Å². The van der Waals surface area contributed by atoms with E-state index in [-0.39, 0.29) is 17.6 Å². The Balaban J connectivity index is 1.13. The maximum Gasteiger partial charge on any atom is 0.335 e. The van der Waals surface area contributed by atoms with Crippen LogP contribution in [0.4, 0.5) is 10.5 Å². The first-order valence-electron chi connectivity index (χ1n) is 15.1. The SMILES string of the molecule is COc1cc(/C=C2\C(=O)NC(=O)N(c3ccc(C45CC6CC(CC(C6)C4)C5)cc3)C2=O)cc(Br)c1OCc1ccc(Cl)cc1Cl. The van der Waals surface area contributed by atoms with Crippen molar-refractivity contribution in [2.24, 2.45) is 17.8 Å². The number of halogens is 3. The Kier molecular flexibility index (Phi) is 7.95. The molecular weight excluding hydrogens is 679 g/mol. The number of amides is 4. The maximum atomic E-state index is 13.7.